The number of ether oxygens (including phenoxy) is 1. The summed E-state index contributed by atoms with van der Waals surface area (Å²) >= 11 is 1.45. The number of hydrogen-bond acceptors (Lipinski definition) is 4. The Hall–Kier alpha value is -2.18. The van der Waals surface area contributed by atoms with Crippen LogP contribution in [0.2, 0.25) is 0 Å². The van der Waals surface area contributed by atoms with E-state index in [2.05, 4.69) is 19.1 Å². The van der Waals surface area contributed by atoms with Gasteiger partial charge in [-0.15, -0.1) is 11.3 Å². The number of thiophene rings is 1. The summed E-state index contributed by atoms with van der Waals surface area (Å²) in [6, 6.07) is 12.0. The molecular formula is C21H24N2O3S. The number of carbonyl (C=O) groups is 2. The lowest BCUT2D eigenvalue weighted by molar-refractivity contribution is -0.139. The molecule has 2 saturated heterocycles. The van der Waals surface area contributed by atoms with E-state index in [0.29, 0.717) is 39.4 Å². The minimum atomic E-state index is -0.201. The maximum absolute atomic E-state index is 13.3. The van der Waals surface area contributed by atoms with Crippen molar-refractivity contribution in [1.82, 2.24) is 9.80 Å². The summed E-state index contributed by atoms with van der Waals surface area (Å²) in [5, 5.41) is 1.92. The highest BCUT2D eigenvalue weighted by Crippen LogP contribution is 2.36. The van der Waals surface area contributed by atoms with Gasteiger partial charge in [0, 0.05) is 32.1 Å². The second kappa shape index (κ2) is 7.82. The molecule has 6 heteroatoms. The fraction of sp³-hybridized carbons (Fsp3) is 0.429. The Labute approximate surface area is 163 Å². The third kappa shape index (κ3) is 3.64. The Morgan fingerprint density at radius 2 is 1.81 bits per heavy atom. The third-order valence-corrected chi connectivity index (χ3v) is 6.42. The van der Waals surface area contributed by atoms with E-state index in [-0.39, 0.29) is 23.7 Å². The Bertz CT molecular complexity index is 815. The van der Waals surface area contributed by atoms with Crippen molar-refractivity contribution in [2.24, 2.45) is 5.92 Å². The highest BCUT2D eigenvalue weighted by Gasteiger charge is 2.42. The highest BCUT2D eigenvalue weighted by atomic mass is 32.1. The van der Waals surface area contributed by atoms with Crippen LogP contribution in [0.3, 0.4) is 0 Å². The van der Waals surface area contributed by atoms with Crippen molar-refractivity contribution in [1.29, 1.82) is 0 Å². The quantitative estimate of drug-likeness (QED) is 0.818. The maximum atomic E-state index is 13.3. The van der Waals surface area contributed by atoms with E-state index < -0.39 is 0 Å². The summed E-state index contributed by atoms with van der Waals surface area (Å²) < 4.78 is 5.39. The van der Waals surface area contributed by atoms with Gasteiger partial charge in [0.2, 0.25) is 5.91 Å². The first-order valence-electron chi connectivity index (χ1n) is 9.40. The lowest BCUT2D eigenvalue weighted by Gasteiger charge is -2.31. The fourth-order valence-corrected chi connectivity index (χ4v) is 4.80. The van der Waals surface area contributed by atoms with Crippen LogP contribution in [-0.2, 0) is 9.53 Å². The van der Waals surface area contributed by atoms with Gasteiger partial charge < -0.3 is 14.5 Å². The minimum absolute atomic E-state index is 0.0286. The third-order valence-electron chi connectivity index (χ3n) is 5.57. The molecule has 0 spiro atoms. The maximum Gasteiger partial charge on any atom is 0.263 e. The number of hydrogen-bond donors (Lipinski definition) is 0. The summed E-state index contributed by atoms with van der Waals surface area (Å²) in [5.74, 6) is 0.00691. The Kier molecular flexibility index (Phi) is 5.27. The zero-order valence-corrected chi connectivity index (χ0v) is 16.3. The predicted molar refractivity (Wildman–Crippen MR) is 105 cm³/mol. The van der Waals surface area contributed by atoms with Crippen molar-refractivity contribution in [3.05, 3.63) is 57.8 Å². The molecule has 5 nitrogen and oxygen atoms in total. The molecule has 0 bridgehead atoms. The SMILES string of the molecule is Cc1ccccc1C1CN(C(=O)c2cccs2)CC1C(=O)N1CCOCC1. The molecule has 0 radical (unpaired) electrons. The van der Waals surface area contributed by atoms with E-state index in [1.807, 2.05) is 39.4 Å². The molecule has 2 fully saturated rings. The van der Waals surface area contributed by atoms with E-state index in [0.717, 1.165) is 4.88 Å². The van der Waals surface area contributed by atoms with Crippen LogP contribution in [0.4, 0.5) is 0 Å². The molecular weight excluding hydrogens is 360 g/mol. The van der Waals surface area contributed by atoms with E-state index in [1.165, 1.54) is 22.5 Å². The summed E-state index contributed by atoms with van der Waals surface area (Å²) in [6.45, 7) is 5.59. The number of carbonyl (C=O) groups excluding carboxylic acids is 2. The van der Waals surface area contributed by atoms with Gasteiger partial charge in [-0.25, -0.2) is 0 Å². The van der Waals surface area contributed by atoms with E-state index in [9.17, 15) is 9.59 Å². The van der Waals surface area contributed by atoms with Crippen LogP contribution in [-0.4, -0.2) is 61.0 Å². The number of benzene rings is 1. The van der Waals surface area contributed by atoms with Gasteiger partial charge in [-0.2, -0.15) is 0 Å². The molecule has 2 aromatic rings. The van der Waals surface area contributed by atoms with Gasteiger partial charge in [0.1, 0.15) is 0 Å². The number of morpholine rings is 1. The second-order valence-electron chi connectivity index (χ2n) is 7.19. The van der Waals surface area contributed by atoms with Gasteiger partial charge in [0.15, 0.2) is 0 Å². The van der Waals surface area contributed by atoms with Crippen LogP contribution in [0.15, 0.2) is 41.8 Å². The van der Waals surface area contributed by atoms with Crippen LogP contribution < -0.4 is 0 Å². The summed E-state index contributed by atoms with van der Waals surface area (Å²) in [4.78, 5) is 30.7. The molecule has 2 aliphatic rings. The average molecular weight is 385 g/mol. The van der Waals surface area contributed by atoms with E-state index >= 15 is 0 Å². The first kappa shape index (κ1) is 18.2. The Morgan fingerprint density at radius 1 is 1.04 bits per heavy atom. The first-order valence-corrected chi connectivity index (χ1v) is 10.3. The standard InChI is InChI=1S/C21H24N2O3S/c1-15-5-2-3-6-16(15)17-13-23(21(25)19-7-4-12-27-19)14-18(17)20(24)22-8-10-26-11-9-22/h2-7,12,17-18H,8-11,13-14H2,1H3. The van der Waals surface area contributed by atoms with Crippen molar-refractivity contribution in [3.8, 4) is 0 Å². The largest absolute Gasteiger partial charge is 0.378 e. The molecule has 0 N–H and O–H groups in total. The predicted octanol–water partition coefficient (Wildman–Crippen LogP) is 2.77. The number of amides is 2. The molecule has 1 aromatic carbocycles. The van der Waals surface area contributed by atoms with Crippen LogP contribution in [0.1, 0.15) is 26.7 Å². The van der Waals surface area contributed by atoms with Crippen LogP contribution in [0.25, 0.3) is 0 Å². The lowest BCUT2D eigenvalue weighted by Crippen LogP contribution is -2.45. The first-order chi connectivity index (χ1) is 13.1. The second-order valence-corrected chi connectivity index (χ2v) is 8.14. The van der Waals surface area contributed by atoms with Crippen LogP contribution in [0.5, 0.6) is 0 Å². The lowest BCUT2D eigenvalue weighted by atomic mass is 9.85. The molecule has 142 valence electrons. The number of aryl methyl sites for hydroxylation is 1. The number of likely N-dealkylation sites (tertiary alicyclic amines) is 1. The van der Waals surface area contributed by atoms with Gasteiger partial charge >= 0.3 is 0 Å². The molecule has 0 aliphatic carbocycles. The van der Waals surface area contributed by atoms with Crippen molar-refractivity contribution >= 4 is 23.2 Å². The molecule has 27 heavy (non-hydrogen) atoms. The van der Waals surface area contributed by atoms with Crippen LogP contribution in [0, 0.1) is 12.8 Å². The topological polar surface area (TPSA) is 49.9 Å². The van der Waals surface area contributed by atoms with E-state index in [4.69, 9.17) is 4.74 Å². The molecule has 1 aromatic heterocycles. The summed E-state index contributed by atoms with van der Waals surface area (Å²) in [7, 11) is 0. The van der Waals surface area contributed by atoms with Gasteiger partial charge in [-0.3, -0.25) is 9.59 Å². The normalized spacial score (nSPS) is 22.9. The van der Waals surface area contributed by atoms with Gasteiger partial charge in [-0.1, -0.05) is 30.3 Å². The molecule has 4 rings (SSSR count). The van der Waals surface area contributed by atoms with Crippen molar-refractivity contribution in [2.75, 3.05) is 39.4 Å². The Balaban J connectivity index is 1.62. The van der Waals surface area contributed by atoms with Gasteiger partial charge in [-0.05, 0) is 29.5 Å². The van der Waals surface area contributed by atoms with E-state index in [1.54, 1.807) is 0 Å². The number of nitrogens with zero attached hydrogens (tertiary/aromatic N) is 2. The summed E-state index contributed by atoms with van der Waals surface area (Å²) in [6.07, 6.45) is 0. The fourth-order valence-electron chi connectivity index (χ4n) is 4.11. The smallest absolute Gasteiger partial charge is 0.263 e. The van der Waals surface area contributed by atoms with Gasteiger partial charge in [0.25, 0.3) is 5.91 Å². The monoisotopic (exact) mass is 384 g/mol. The van der Waals surface area contributed by atoms with Gasteiger partial charge in [0.05, 0.1) is 24.0 Å². The average Bonchev–Trinajstić information content (AvgIpc) is 3.38. The highest BCUT2D eigenvalue weighted by molar-refractivity contribution is 7.12. The number of rotatable bonds is 3. The molecule has 3 heterocycles. The summed E-state index contributed by atoms with van der Waals surface area (Å²) in [5.41, 5.74) is 2.35. The molecule has 2 amide bonds. The zero-order chi connectivity index (χ0) is 18.8. The van der Waals surface area contributed by atoms with Crippen molar-refractivity contribution < 1.29 is 14.3 Å². The molecule has 0 saturated carbocycles. The molecule has 2 atom stereocenters. The minimum Gasteiger partial charge on any atom is -0.378 e. The van der Waals surface area contributed by atoms with Crippen molar-refractivity contribution in [3.63, 3.8) is 0 Å². The zero-order valence-electron chi connectivity index (χ0n) is 15.5. The Morgan fingerprint density at radius 3 is 2.52 bits per heavy atom. The molecule has 2 aliphatic heterocycles. The molecule has 2 unspecified atom stereocenters. The van der Waals surface area contributed by atoms with Crippen LogP contribution >= 0.6 is 11.3 Å². The van der Waals surface area contributed by atoms with Crippen molar-refractivity contribution in [2.45, 2.75) is 12.8 Å².